The maximum absolute atomic E-state index is 14.2. The van der Waals surface area contributed by atoms with E-state index in [0.717, 1.165) is 24.5 Å². The fourth-order valence-electron chi connectivity index (χ4n) is 3.53. The lowest BCUT2D eigenvalue weighted by Crippen LogP contribution is -2.39. The lowest BCUT2D eigenvalue weighted by atomic mass is 9.90. The number of halogens is 1. The number of likely N-dealkylation sites (tertiary alicyclic amines) is 1. The molecule has 140 valence electrons. The summed E-state index contributed by atoms with van der Waals surface area (Å²) in [6.45, 7) is 3.11. The van der Waals surface area contributed by atoms with E-state index in [0.29, 0.717) is 37.9 Å². The van der Waals surface area contributed by atoms with Crippen LogP contribution in [0.15, 0.2) is 18.2 Å². The molecule has 2 aromatic rings. The first-order valence-electron chi connectivity index (χ1n) is 9.07. The first kappa shape index (κ1) is 18.4. The molecule has 0 bridgehead atoms. The summed E-state index contributed by atoms with van der Waals surface area (Å²) < 4.78 is 16.1. The van der Waals surface area contributed by atoms with Crippen LogP contribution in [0.5, 0.6) is 5.75 Å². The minimum atomic E-state index is -0.565. The number of carbonyl (C=O) groups excluding carboxylic acids is 1. The van der Waals surface area contributed by atoms with Gasteiger partial charge < -0.3 is 14.6 Å². The molecule has 1 aliphatic heterocycles. The van der Waals surface area contributed by atoms with Crippen LogP contribution >= 0.6 is 0 Å². The molecule has 26 heavy (non-hydrogen) atoms. The van der Waals surface area contributed by atoms with Crippen molar-refractivity contribution in [3.8, 4) is 5.75 Å². The van der Waals surface area contributed by atoms with Gasteiger partial charge in [0.2, 0.25) is 5.91 Å². The van der Waals surface area contributed by atoms with E-state index in [1.807, 2.05) is 23.4 Å². The number of aromatic nitrogens is 3. The summed E-state index contributed by atoms with van der Waals surface area (Å²) in [6, 6.07) is 4.69. The topological polar surface area (TPSA) is 71.2 Å². The Morgan fingerprint density at radius 3 is 2.92 bits per heavy atom. The Bertz CT molecular complexity index is 790. The number of amides is 1. The fourth-order valence-corrected chi connectivity index (χ4v) is 3.53. The molecule has 1 aliphatic rings. The van der Waals surface area contributed by atoms with Gasteiger partial charge in [-0.1, -0.05) is 12.1 Å². The Morgan fingerprint density at radius 2 is 2.19 bits per heavy atom. The number of nitrogens with zero attached hydrogens (tertiary/aromatic N) is 4. The van der Waals surface area contributed by atoms with E-state index in [2.05, 4.69) is 10.2 Å². The average Bonchev–Trinajstić information content (AvgIpc) is 2.96. The summed E-state index contributed by atoms with van der Waals surface area (Å²) in [5.41, 5.74) is 0.497. The summed E-state index contributed by atoms with van der Waals surface area (Å²) in [4.78, 5) is 14.4. The van der Waals surface area contributed by atoms with Crippen LogP contribution in [0.4, 0.5) is 4.39 Å². The molecule has 0 spiro atoms. The Labute approximate surface area is 152 Å². The smallest absolute Gasteiger partial charge is 0.222 e. The van der Waals surface area contributed by atoms with Crippen molar-refractivity contribution in [2.24, 2.45) is 7.05 Å². The first-order chi connectivity index (χ1) is 12.5. The normalized spacial score (nSPS) is 17.5. The second kappa shape index (κ2) is 7.85. The van der Waals surface area contributed by atoms with Crippen molar-refractivity contribution in [2.45, 2.75) is 44.9 Å². The van der Waals surface area contributed by atoms with Crippen LogP contribution in [-0.2, 0) is 18.3 Å². The highest BCUT2D eigenvalue weighted by Gasteiger charge is 2.27. The van der Waals surface area contributed by atoms with Crippen LogP contribution in [0, 0.1) is 12.7 Å². The number of rotatable bonds is 5. The van der Waals surface area contributed by atoms with Crippen molar-refractivity contribution in [2.75, 3.05) is 13.1 Å². The van der Waals surface area contributed by atoms with E-state index in [4.69, 9.17) is 0 Å². The molecule has 1 N–H and O–H groups in total. The lowest BCUT2D eigenvalue weighted by Gasteiger charge is -2.33. The highest BCUT2D eigenvalue weighted by atomic mass is 19.1. The van der Waals surface area contributed by atoms with Crippen LogP contribution < -0.4 is 0 Å². The minimum Gasteiger partial charge on any atom is -0.505 e. The van der Waals surface area contributed by atoms with E-state index >= 15 is 0 Å². The van der Waals surface area contributed by atoms with Gasteiger partial charge in [-0.05, 0) is 37.8 Å². The van der Waals surface area contributed by atoms with Gasteiger partial charge in [-0.3, -0.25) is 4.79 Å². The second-order valence-corrected chi connectivity index (χ2v) is 6.94. The molecule has 1 saturated heterocycles. The molecule has 0 radical (unpaired) electrons. The minimum absolute atomic E-state index is 0.0683. The molecule has 7 heteroatoms. The van der Waals surface area contributed by atoms with Crippen molar-refractivity contribution in [3.63, 3.8) is 0 Å². The van der Waals surface area contributed by atoms with Gasteiger partial charge in [0.15, 0.2) is 11.6 Å². The van der Waals surface area contributed by atoms with Gasteiger partial charge in [-0.2, -0.15) is 0 Å². The van der Waals surface area contributed by atoms with Crippen LogP contribution in [0.25, 0.3) is 0 Å². The molecular formula is C19H25FN4O2. The third-order valence-corrected chi connectivity index (χ3v) is 5.20. The zero-order chi connectivity index (χ0) is 18.7. The third-order valence-electron chi connectivity index (χ3n) is 5.20. The monoisotopic (exact) mass is 360 g/mol. The number of aromatic hydroxyl groups is 1. The molecule has 1 atom stereocenters. The lowest BCUT2D eigenvalue weighted by molar-refractivity contribution is -0.132. The summed E-state index contributed by atoms with van der Waals surface area (Å²) in [7, 11) is 1.92. The fraction of sp³-hybridized carbons (Fsp3) is 0.526. The van der Waals surface area contributed by atoms with Crippen molar-refractivity contribution in [1.29, 1.82) is 0 Å². The molecular weight excluding hydrogens is 335 g/mol. The number of phenols is 1. The molecule has 0 aliphatic carbocycles. The Hall–Kier alpha value is -2.44. The number of hydrogen-bond acceptors (Lipinski definition) is 4. The van der Waals surface area contributed by atoms with Crippen LogP contribution in [-0.4, -0.2) is 43.8 Å². The molecule has 1 unspecified atom stereocenters. The van der Waals surface area contributed by atoms with E-state index < -0.39 is 5.82 Å². The van der Waals surface area contributed by atoms with Gasteiger partial charge in [0, 0.05) is 38.9 Å². The van der Waals surface area contributed by atoms with E-state index in [1.54, 1.807) is 12.1 Å². The SMILES string of the molecule is Cc1nnc(CCCC(=O)N2CCCC(c3cccc(O)c3F)C2)n1C. The predicted octanol–water partition coefficient (Wildman–Crippen LogP) is 2.70. The molecule has 0 saturated carbocycles. The highest BCUT2D eigenvalue weighted by molar-refractivity contribution is 5.76. The first-order valence-corrected chi connectivity index (χ1v) is 9.07. The average molecular weight is 360 g/mol. The maximum atomic E-state index is 14.2. The van der Waals surface area contributed by atoms with Gasteiger partial charge in [0.1, 0.15) is 11.6 Å². The molecule has 3 rings (SSSR count). The van der Waals surface area contributed by atoms with Gasteiger partial charge in [0.05, 0.1) is 0 Å². The van der Waals surface area contributed by atoms with Crippen molar-refractivity contribution in [1.82, 2.24) is 19.7 Å². The largest absolute Gasteiger partial charge is 0.505 e. The van der Waals surface area contributed by atoms with Gasteiger partial charge >= 0.3 is 0 Å². The highest BCUT2D eigenvalue weighted by Crippen LogP contribution is 2.32. The summed E-state index contributed by atoms with van der Waals surface area (Å²) in [5.74, 6) is 0.872. The standard InChI is InChI=1S/C19H25FN4O2/c1-13-21-22-17(23(13)2)9-4-10-18(26)24-11-5-6-14(12-24)15-7-3-8-16(25)19(15)20/h3,7-8,14,25H,4-6,9-12H2,1-2H3. The van der Waals surface area contributed by atoms with Crippen LogP contribution in [0.3, 0.4) is 0 Å². The summed E-state index contributed by atoms with van der Waals surface area (Å²) >= 11 is 0. The van der Waals surface area contributed by atoms with Crippen molar-refractivity contribution < 1.29 is 14.3 Å². The molecule has 1 aromatic carbocycles. The van der Waals surface area contributed by atoms with Gasteiger partial charge in [0.25, 0.3) is 0 Å². The molecule has 2 heterocycles. The third kappa shape index (κ3) is 3.86. The number of piperidine rings is 1. The number of hydrogen-bond donors (Lipinski definition) is 1. The van der Waals surface area contributed by atoms with Gasteiger partial charge in [-0.15, -0.1) is 10.2 Å². The van der Waals surface area contributed by atoms with E-state index in [9.17, 15) is 14.3 Å². The van der Waals surface area contributed by atoms with Crippen molar-refractivity contribution in [3.05, 3.63) is 41.2 Å². The molecule has 1 aromatic heterocycles. The Balaban J connectivity index is 1.56. The zero-order valence-corrected chi connectivity index (χ0v) is 15.3. The Kier molecular flexibility index (Phi) is 5.54. The summed E-state index contributed by atoms with van der Waals surface area (Å²) in [5, 5.41) is 17.7. The number of phenolic OH excluding ortho intramolecular Hbond substituents is 1. The molecule has 1 amide bonds. The summed E-state index contributed by atoms with van der Waals surface area (Å²) in [6.07, 6.45) is 3.53. The quantitative estimate of drug-likeness (QED) is 0.890. The number of benzene rings is 1. The van der Waals surface area contributed by atoms with E-state index in [1.165, 1.54) is 6.07 Å². The van der Waals surface area contributed by atoms with E-state index in [-0.39, 0.29) is 17.6 Å². The zero-order valence-electron chi connectivity index (χ0n) is 15.3. The van der Waals surface area contributed by atoms with Crippen LogP contribution in [0.1, 0.15) is 48.8 Å². The predicted molar refractivity (Wildman–Crippen MR) is 95.3 cm³/mol. The second-order valence-electron chi connectivity index (χ2n) is 6.94. The Morgan fingerprint density at radius 1 is 1.38 bits per heavy atom. The van der Waals surface area contributed by atoms with Gasteiger partial charge in [-0.25, -0.2) is 4.39 Å². The maximum Gasteiger partial charge on any atom is 0.222 e. The molecule has 1 fully saturated rings. The van der Waals surface area contributed by atoms with Crippen molar-refractivity contribution >= 4 is 5.91 Å². The van der Waals surface area contributed by atoms with Crippen LogP contribution in [0.2, 0.25) is 0 Å². The molecule has 6 nitrogen and oxygen atoms in total. The number of carbonyl (C=O) groups is 1. The number of aryl methyl sites for hydroxylation is 2.